The summed E-state index contributed by atoms with van der Waals surface area (Å²) in [5.74, 6) is 0. The highest BCUT2D eigenvalue weighted by molar-refractivity contribution is 7.77. The average molecular weight is 376 g/mol. The minimum absolute atomic E-state index is 0.274. The number of hydrogen-bond acceptors (Lipinski definition) is 1. The van der Waals surface area contributed by atoms with Crippen LogP contribution in [0.2, 0.25) is 0 Å². The zero-order valence-corrected chi connectivity index (χ0v) is 17.9. The zero-order valence-electron chi connectivity index (χ0n) is 16.2. The molecule has 138 valence electrons. The van der Waals surface area contributed by atoms with E-state index in [4.69, 9.17) is 0 Å². The highest BCUT2D eigenvalue weighted by Crippen LogP contribution is 2.66. The van der Waals surface area contributed by atoms with Gasteiger partial charge in [0.15, 0.2) is 0 Å². The monoisotopic (exact) mass is 376 g/mol. The van der Waals surface area contributed by atoms with Crippen molar-refractivity contribution < 1.29 is 4.57 Å². The molecule has 2 saturated heterocycles. The minimum Gasteiger partial charge on any atom is -0.318 e. The third kappa shape index (κ3) is 3.21. The summed E-state index contributed by atoms with van der Waals surface area (Å²) in [6, 6.07) is 8.87. The predicted molar refractivity (Wildman–Crippen MR) is 115 cm³/mol. The lowest BCUT2D eigenvalue weighted by Crippen LogP contribution is -2.32. The Kier molecular flexibility index (Phi) is 6.28. The molecule has 2 fully saturated rings. The lowest BCUT2D eigenvalue weighted by Gasteiger charge is -2.32. The molecule has 0 radical (unpaired) electrons. The van der Waals surface area contributed by atoms with E-state index in [9.17, 15) is 4.57 Å². The molecule has 0 saturated carbocycles. The smallest absolute Gasteiger partial charge is 0.122 e. The van der Waals surface area contributed by atoms with Gasteiger partial charge in [0.1, 0.15) is 7.14 Å². The zero-order chi connectivity index (χ0) is 18.0. The summed E-state index contributed by atoms with van der Waals surface area (Å²) in [6.45, 7) is 10.9. The summed E-state index contributed by atoms with van der Waals surface area (Å²) >= 11 is 0. The molecule has 1 aromatic carbocycles. The maximum Gasteiger partial charge on any atom is 0.122 e. The van der Waals surface area contributed by atoms with E-state index in [-0.39, 0.29) is 7.92 Å². The Hall–Kier alpha value is -0.380. The molecule has 1 nitrogen and oxygen atoms in total. The van der Waals surface area contributed by atoms with Crippen LogP contribution in [-0.4, -0.2) is 22.6 Å². The molecule has 3 heteroatoms. The topological polar surface area (TPSA) is 17.1 Å². The molecule has 25 heavy (non-hydrogen) atoms. The second-order valence-corrected chi connectivity index (χ2v) is 13.8. The number of hydrogen-bond donors (Lipinski definition) is 0. The van der Waals surface area contributed by atoms with Gasteiger partial charge in [0, 0.05) is 22.3 Å². The summed E-state index contributed by atoms with van der Waals surface area (Å²) < 4.78 is 14.5. The largest absolute Gasteiger partial charge is 0.318 e. The van der Waals surface area contributed by atoms with Crippen molar-refractivity contribution in [1.82, 2.24) is 0 Å². The fourth-order valence-electron chi connectivity index (χ4n) is 5.31. The van der Waals surface area contributed by atoms with Crippen molar-refractivity contribution in [2.75, 3.05) is 0 Å². The Labute approximate surface area is 155 Å². The second kappa shape index (κ2) is 8.10. The van der Waals surface area contributed by atoms with Crippen molar-refractivity contribution in [1.29, 1.82) is 0 Å². The molecule has 5 unspecified atom stereocenters. The number of allylic oxidation sites excluding steroid dienone is 1. The summed E-state index contributed by atoms with van der Waals surface area (Å²) in [7, 11) is -2.60. The quantitative estimate of drug-likeness (QED) is 0.423. The first-order valence-corrected chi connectivity index (χ1v) is 13.5. The van der Waals surface area contributed by atoms with E-state index < -0.39 is 7.14 Å². The molecule has 2 aliphatic heterocycles. The van der Waals surface area contributed by atoms with Gasteiger partial charge in [-0.1, -0.05) is 59.0 Å². The summed E-state index contributed by atoms with van der Waals surface area (Å²) in [5.41, 5.74) is 2.18. The van der Waals surface area contributed by atoms with Crippen LogP contribution in [0, 0.1) is 0 Å². The molecule has 0 amide bonds. The lowest BCUT2D eigenvalue weighted by molar-refractivity contribution is 0.569. The molecule has 5 atom stereocenters. The van der Waals surface area contributed by atoms with Gasteiger partial charge in [-0.3, -0.25) is 0 Å². The molecule has 0 aliphatic carbocycles. The van der Waals surface area contributed by atoms with Crippen LogP contribution in [0.25, 0.3) is 0 Å². The fraction of sp³-hybridized carbons (Fsp3) is 0.636. The van der Waals surface area contributed by atoms with Crippen molar-refractivity contribution in [3.8, 4) is 0 Å². The van der Waals surface area contributed by atoms with Crippen LogP contribution in [-0.2, 0) is 4.57 Å². The van der Waals surface area contributed by atoms with E-state index >= 15 is 0 Å². The van der Waals surface area contributed by atoms with Gasteiger partial charge in [0.25, 0.3) is 0 Å². The van der Waals surface area contributed by atoms with Gasteiger partial charge >= 0.3 is 0 Å². The highest BCUT2D eigenvalue weighted by atomic mass is 31.2. The minimum atomic E-state index is -2.32. The van der Waals surface area contributed by atoms with E-state index in [1.165, 1.54) is 29.9 Å². The molecule has 2 aliphatic rings. The van der Waals surface area contributed by atoms with Crippen molar-refractivity contribution in [3.05, 3.63) is 36.9 Å². The molecular weight excluding hydrogens is 342 g/mol. The lowest BCUT2D eigenvalue weighted by atomic mass is 10.1. The fourth-order valence-corrected chi connectivity index (χ4v) is 13.8. The van der Waals surface area contributed by atoms with Gasteiger partial charge in [-0.15, -0.1) is 6.58 Å². The van der Waals surface area contributed by atoms with Crippen LogP contribution in [0.5, 0.6) is 0 Å². The normalized spacial score (nSPS) is 38.1. The Morgan fingerprint density at radius 3 is 2.24 bits per heavy atom. The molecule has 0 aromatic heterocycles. The molecular formula is C22H34OP2. The van der Waals surface area contributed by atoms with Crippen LogP contribution in [0.15, 0.2) is 36.9 Å². The predicted octanol–water partition coefficient (Wildman–Crippen LogP) is 6.26. The van der Waals surface area contributed by atoms with E-state index in [1.807, 2.05) is 0 Å². The first kappa shape index (κ1) is 19.4. The van der Waals surface area contributed by atoms with Gasteiger partial charge in [-0.2, -0.15) is 0 Å². The van der Waals surface area contributed by atoms with Crippen LogP contribution in [0.1, 0.15) is 65.7 Å². The Balaban J connectivity index is 2.12. The van der Waals surface area contributed by atoms with Gasteiger partial charge in [0.2, 0.25) is 0 Å². The first-order valence-electron chi connectivity index (χ1n) is 10.2. The van der Waals surface area contributed by atoms with Crippen LogP contribution >= 0.6 is 15.1 Å². The van der Waals surface area contributed by atoms with E-state index in [0.29, 0.717) is 17.0 Å². The van der Waals surface area contributed by atoms with Crippen molar-refractivity contribution in [3.63, 3.8) is 0 Å². The first-order chi connectivity index (χ1) is 12.1. The van der Waals surface area contributed by atoms with E-state index in [0.717, 1.165) is 31.3 Å². The third-order valence-corrected chi connectivity index (χ3v) is 15.0. The van der Waals surface area contributed by atoms with Crippen LogP contribution < -0.4 is 10.6 Å². The number of benzene rings is 1. The standard InChI is InChI=1S/C22H34OP2/c1-5-17-13-14-18(6-2)24(17)21-11-9-10-12-22(21)25(23)19(7-3)15-16-20(25)8-4/h5,9-12,17-20H,1,6-8,13-16H2,2-4H3. The molecule has 2 heterocycles. The molecule has 1 aromatic rings. The third-order valence-electron chi connectivity index (χ3n) is 6.69. The molecule has 0 bridgehead atoms. The maximum atomic E-state index is 14.5. The van der Waals surface area contributed by atoms with Crippen molar-refractivity contribution >= 4 is 25.7 Å². The van der Waals surface area contributed by atoms with Crippen molar-refractivity contribution in [2.24, 2.45) is 0 Å². The second-order valence-electron chi connectivity index (χ2n) is 7.75. The summed E-state index contributed by atoms with van der Waals surface area (Å²) in [6.07, 6.45) is 10.4. The Bertz CT molecular complexity index is 637. The van der Waals surface area contributed by atoms with Crippen LogP contribution in [0.3, 0.4) is 0 Å². The van der Waals surface area contributed by atoms with Gasteiger partial charge in [0.05, 0.1) is 0 Å². The highest BCUT2D eigenvalue weighted by Gasteiger charge is 2.48. The van der Waals surface area contributed by atoms with E-state index in [1.54, 1.807) is 0 Å². The average Bonchev–Trinajstić information content (AvgIpc) is 3.22. The summed E-state index contributed by atoms with van der Waals surface area (Å²) in [5, 5.41) is 2.73. The number of rotatable bonds is 6. The Morgan fingerprint density at radius 2 is 1.68 bits per heavy atom. The van der Waals surface area contributed by atoms with Gasteiger partial charge < -0.3 is 4.57 Å². The molecule has 0 spiro atoms. The Morgan fingerprint density at radius 1 is 1.04 bits per heavy atom. The molecule has 0 N–H and O–H groups in total. The van der Waals surface area contributed by atoms with Gasteiger partial charge in [-0.05, 0) is 55.9 Å². The SMILES string of the molecule is C=CC1CCC(CC)P1c1ccccc1P1(=O)C(CC)CCC1CC. The summed E-state index contributed by atoms with van der Waals surface area (Å²) in [4.78, 5) is 0. The van der Waals surface area contributed by atoms with Gasteiger partial charge in [-0.25, -0.2) is 0 Å². The maximum absolute atomic E-state index is 14.5. The van der Waals surface area contributed by atoms with Crippen molar-refractivity contribution in [2.45, 2.75) is 88.4 Å². The van der Waals surface area contributed by atoms with Crippen LogP contribution in [0.4, 0.5) is 0 Å². The van der Waals surface area contributed by atoms with E-state index in [2.05, 4.69) is 57.7 Å². The molecule has 3 rings (SSSR count).